The molecule has 0 saturated carbocycles. The highest BCUT2D eigenvalue weighted by atomic mass is 16.6. The molecule has 0 amide bonds. The van der Waals surface area contributed by atoms with Crippen molar-refractivity contribution in [1.29, 1.82) is 0 Å². The summed E-state index contributed by atoms with van der Waals surface area (Å²) >= 11 is 0. The highest BCUT2D eigenvalue weighted by molar-refractivity contribution is 5.51. The number of fused-ring (bicyclic) bond motifs is 1. The number of hydroxylamine groups is 1. The maximum absolute atomic E-state index is 12.0. The van der Waals surface area contributed by atoms with E-state index >= 15 is 0 Å². The Morgan fingerprint density at radius 3 is 3.33 bits per heavy atom. The first kappa shape index (κ1) is 11.0. The summed E-state index contributed by atoms with van der Waals surface area (Å²) in [7, 11) is 0. The Hall–Kier alpha value is -2.15. The molecule has 3 rings (SSSR count). The van der Waals surface area contributed by atoms with E-state index in [1.807, 2.05) is 0 Å². The molecular weight excluding hydrogens is 234 g/mol. The van der Waals surface area contributed by atoms with Crippen molar-refractivity contribution < 1.29 is 4.84 Å². The maximum atomic E-state index is 12.0. The van der Waals surface area contributed by atoms with E-state index < -0.39 is 0 Å². The molecule has 1 fully saturated rings. The van der Waals surface area contributed by atoms with Crippen molar-refractivity contribution in [3.63, 3.8) is 0 Å². The van der Waals surface area contributed by atoms with Crippen LogP contribution in [-0.4, -0.2) is 27.2 Å². The van der Waals surface area contributed by atoms with Crippen LogP contribution in [0.1, 0.15) is 13.3 Å². The topological polar surface area (TPSA) is 80.5 Å². The SMILES string of the molecule is CCC1CON/C(=c2\c(=O)cnn3ccnc23)N1. The van der Waals surface area contributed by atoms with E-state index in [2.05, 4.69) is 27.8 Å². The summed E-state index contributed by atoms with van der Waals surface area (Å²) < 4.78 is 1.56. The Morgan fingerprint density at radius 1 is 1.61 bits per heavy atom. The first-order valence-corrected chi connectivity index (χ1v) is 5.80. The summed E-state index contributed by atoms with van der Waals surface area (Å²) in [5.74, 6) is 0.553. The summed E-state index contributed by atoms with van der Waals surface area (Å²) in [5, 5.41) is 7.66. The van der Waals surface area contributed by atoms with E-state index in [9.17, 15) is 4.79 Å². The summed E-state index contributed by atoms with van der Waals surface area (Å²) in [6, 6.07) is 0.184. The quantitative estimate of drug-likeness (QED) is 0.657. The molecule has 1 aliphatic rings. The predicted octanol–water partition coefficient (Wildman–Crippen LogP) is -1.22. The minimum Gasteiger partial charge on any atom is -0.364 e. The molecule has 3 heterocycles. The molecule has 0 aromatic carbocycles. The van der Waals surface area contributed by atoms with Gasteiger partial charge in [0.2, 0.25) is 5.43 Å². The average Bonchev–Trinajstić information content (AvgIpc) is 2.87. The first-order valence-electron chi connectivity index (χ1n) is 5.80. The molecule has 1 atom stereocenters. The van der Waals surface area contributed by atoms with Gasteiger partial charge in [-0.25, -0.2) is 9.50 Å². The summed E-state index contributed by atoms with van der Waals surface area (Å²) in [6.45, 7) is 2.61. The average molecular weight is 247 g/mol. The van der Waals surface area contributed by atoms with Crippen molar-refractivity contribution in [2.45, 2.75) is 19.4 Å². The minimum absolute atomic E-state index is 0.184. The number of aromatic nitrogens is 3. The molecule has 2 aromatic rings. The molecule has 2 aromatic heterocycles. The van der Waals surface area contributed by atoms with Crippen molar-refractivity contribution in [3.8, 4) is 0 Å². The second-order valence-electron chi connectivity index (χ2n) is 4.12. The molecule has 1 saturated heterocycles. The van der Waals surface area contributed by atoms with Crippen LogP contribution in [0, 0.1) is 0 Å². The lowest BCUT2D eigenvalue weighted by Gasteiger charge is -2.26. The van der Waals surface area contributed by atoms with Crippen molar-refractivity contribution in [1.82, 2.24) is 25.4 Å². The maximum Gasteiger partial charge on any atom is 0.213 e. The van der Waals surface area contributed by atoms with E-state index in [1.165, 1.54) is 6.20 Å². The molecule has 7 heteroatoms. The molecule has 18 heavy (non-hydrogen) atoms. The largest absolute Gasteiger partial charge is 0.364 e. The number of nitrogens with zero attached hydrogens (tertiary/aromatic N) is 3. The molecule has 1 aliphatic heterocycles. The Balaban J connectivity index is 2.26. The van der Waals surface area contributed by atoms with Crippen molar-refractivity contribution in [2.75, 3.05) is 6.61 Å². The van der Waals surface area contributed by atoms with Gasteiger partial charge in [0.15, 0.2) is 5.65 Å². The normalized spacial score (nSPS) is 22.6. The molecular formula is C11H13N5O2. The highest BCUT2D eigenvalue weighted by Gasteiger charge is 2.17. The van der Waals surface area contributed by atoms with Gasteiger partial charge in [-0.05, 0) is 6.42 Å². The van der Waals surface area contributed by atoms with Gasteiger partial charge in [0.1, 0.15) is 11.0 Å². The number of rotatable bonds is 1. The van der Waals surface area contributed by atoms with Gasteiger partial charge in [0.25, 0.3) is 0 Å². The van der Waals surface area contributed by atoms with Gasteiger partial charge in [-0.3, -0.25) is 15.1 Å². The van der Waals surface area contributed by atoms with E-state index in [4.69, 9.17) is 4.84 Å². The third kappa shape index (κ3) is 1.68. The molecule has 94 valence electrons. The Morgan fingerprint density at radius 2 is 2.50 bits per heavy atom. The van der Waals surface area contributed by atoms with Crippen LogP contribution >= 0.6 is 0 Å². The summed E-state index contributed by atoms with van der Waals surface area (Å²) in [6.07, 6.45) is 5.48. The standard InChI is InChI=1S/C11H13N5O2/c1-2-7-6-18-15-10(14-7)9-8(17)5-13-16-4-3-12-11(9)16/h3-5,7,14-15H,2,6H2,1H3/b10-9+. The monoisotopic (exact) mass is 247 g/mol. The van der Waals surface area contributed by atoms with Gasteiger partial charge in [-0.15, -0.1) is 0 Å². The number of nitrogens with one attached hydrogen (secondary N) is 2. The van der Waals surface area contributed by atoms with Gasteiger partial charge < -0.3 is 5.32 Å². The fourth-order valence-electron chi connectivity index (χ4n) is 1.93. The van der Waals surface area contributed by atoms with Gasteiger partial charge in [-0.2, -0.15) is 5.10 Å². The fraction of sp³-hybridized carbons (Fsp3) is 0.364. The Kier molecular flexibility index (Phi) is 2.60. The van der Waals surface area contributed by atoms with Crippen LogP contribution in [0.25, 0.3) is 11.5 Å². The number of hydrogen-bond acceptors (Lipinski definition) is 6. The molecule has 1 unspecified atom stereocenters. The zero-order valence-corrected chi connectivity index (χ0v) is 9.88. The third-order valence-corrected chi connectivity index (χ3v) is 2.94. The molecule has 0 bridgehead atoms. The minimum atomic E-state index is -0.191. The second kappa shape index (κ2) is 4.26. The zero-order valence-electron chi connectivity index (χ0n) is 9.88. The van der Waals surface area contributed by atoms with Crippen LogP contribution in [0.3, 0.4) is 0 Å². The van der Waals surface area contributed by atoms with Crippen molar-refractivity contribution in [2.24, 2.45) is 0 Å². The molecule has 7 nitrogen and oxygen atoms in total. The fourth-order valence-corrected chi connectivity index (χ4v) is 1.93. The number of hydrogen-bond donors (Lipinski definition) is 2. The second-order valence-corrected chi connectivity index (χ2v) is 4.12. The van der Waals surface area contributed by atoms with E-state index in [-0.39, 0.29) is 11.5 Å². The predicted molar refractivity (Wildman–Crippen MR) is 64.2 cm³/mol. The van der Waals surface area contributed by atoms with Crippen molar-refractivity contribution >= 4 is 11.5 Å². The van der Waals surface area contributed by atoms with Crippen LogP contribution in [0.4, 0.5) is 0 Å². The Bertz CT molecular complexity index is 680. The van der Waals surface area contributed by atoms with Crippen LogP contribution in [0.2, 0.25) is 0 Å². The molecule has 0 aliphatic carbocycles. The smallest absolute Gasteiger partial charge is 0.213 e. The lowest BCUT2D eigenvalue weighted by molar-refractivity contribution is 0.0348. The molecule has 0 radical (unpaired) electrons. The molecule has 2 N–H and O–H groups in total. The van der Waals surface area contributed by atoms with Gasteiger partial charge in [0, 0.05) is 12.4 Å². The lowest BCUT2D eigenvalue weighted by atomic mass is 10.2. The van der Waals surface area contributed by atoms with E-state index in [0.717, 1.165) is 6.42 Å². The Labute approximate surface area is 102 Å². The summed E-state index contributed by atoms with van der Waals surface area (Å²) in [4.78, 5) is 21.4. The van der Waals surface area contributed by atoms with Crippen molar-refractivity contribution in [3.05, 3.63) is 34.0 Å². The molecule has 0 spiro atoms. The third-order valence-electron chi connectivity index (χ3n) is 2.94. The van der Waals surface area contributed by atoms with Crippen LogP contribution in [-0.2, 0) is 4.84 Å². The van der Waals surface area contributed by atoms with Gasteiger partial charge in [0.05, 0.1) is 18.8 Å². The van der Waals surface area contributed by atoms with Crippen LogP contribution in [0.15, 0.2) is 23.4 Å². The zero-order chi connectivity index (χ0) is 12.5. The van der Waals surface area contributed by atoms with Gasteiger partial charge in [-0.1, -0.05) is 6.92 Å². The van der Waals surface area contributed by atoms with E-state index in [0.29, 0.717) is 23.3 Å². The van der Waals surface area contributed by atoms with E-state index in [1.54, 1.807) is 16.9 Å². The van der Waals surface area contributed by atoms with Gasteiger partial charge >= 0.3 is 0 Å². The van der Waals surface area contributed by atoms with Crippen LogP contribution < -0.4 is 21.4 Å². The summed E-state index contributed by atoms with van der Waals surface area (Å²) in [5.41, 5.74) is 3.07. The first-order chi connectivity index (χ1) is 8.79. The lowest BCUT2D eigenvalue weighted by Crippen LogP contribution is -2.49. The van der Waals surface area contributed by atoms with Crippen LogP contribution in [0.5, 0.6) is 0 Å². The number of imidazole rings is 1. The highest BCUT2D eigenvalue weighted by Crippen LogP contribution is 2.01.